The van der Waals surface area contributed by atoms with Gasteiger partial charge in [-0.2, -0.15) is 10.4 Å². The summed E-state index contributed by atoms with van der Waals surface area (Å²) >= 11 is 0. The van der Waals surface area contributed by atoms with Crippen LogP contribution in [0.15, 0.2) is 17.1 Å². The molecule has 0 aliphatic carbocycles. The van der Waals surface area contributed by atoms with E-state index in [0.717, 1.165) is 5.69 Å². The van der Waals surface area contributed by atoms with Gasteiger partial charge in [-0.05, 0) is 6.42 Å². The molecule has 0 unspecified atom stereocenters. The molecule has 1 aromatic rings. The first-order valence-electron chi connectivity index (χ1n) is 5.83. The average Bonchev–Trinajstić information content (AvgIpc) is 2.38. The highest BCUT2D eigenvalue weighted by Crippen LogP contribution is 2.06. The zero-order valence-corrected chi connectivity index (χ0v) is 10.8. The molecule has 0 atom stereocenters. The smallest absolute Gasteiger partial charge is 0.268 e. The minimum Gasteiger partial charge on any atom is -0.383 e. The van der Waals surface area contributed by atoms with Gasteiger partial charge in [0, 0.05) is 39.7 Å². The minimum absolute atomic E-state index is 0.144. The van der Waals surface area contributed by atoms with Crippen LogP contribution in [0.5, 0.6) is 0 Å². The Morgan fingerprint density at radius 1 is 1.61 bits per heavy atom. The van der Waals surface area contributed by atoms with Crippen LogP contribution in [0.3, 0.4) is 0 Å². The molecule has 0 aliphatic rings. The lowest BCUT2D eigenvalue weighted by Gasteiger charge is -2.18. The third-order valence-corrected chi connectivity index (χ3v) is 2.59. The van der Waals surface area contributed by atoms with Gasteiger partial charge in [-0.25, -0.2) is 4.68 Å². The molecular formula is C12H18N4O2. The Labute approximate surface area is 106 Å². The predicted octanol–water partition coefficient (Wildman–Crippen LogP) is 0.630. The van der Waals surface area contributed by atoms with Crippen LogP contribution in [0.4, 0.5) is 5.69 Å². The van der Waals surface area contributed by atoms with E-state index in [1.807, 2.05) is 18.0 Å². The summed E-state index contributed by atoms with van der Waals surface area (Å²) in [7, 11) is 3.52. The van der Waals surface area contributed by atoms with Crippen LogP contribution in [0.25, 0.3) is 0 Å². The highest BCUT2D eigenvalue weighted by molar-refractivity contribution is 5.41. The summed E-state index contributed by atoms with van der Waals surface area (Å²) in [5.74, 6) is 0. The van der Waals surface area contributed by atoms with Crippen molar-refractivity contribution in [3.05, 3.63) is 22.6 Å². The molecule has 0 fully saturated rings. The van der Waals surface area contributed by atoms with Gasteiger partial charge in [0.25, 0.3) is 5.56 Å². The first-order chi connectivity index (χ1) is 8.69. The number of anilines is 1. The maximum atomic E-state index is 11.8. The van der Waals surface area contributed by atoms with Crippen molar-refractivity contribution in [1.82, 2.24) is 9.78 Å². The lowest BCUT2D eigenvalue weighted by Crippen LogP contribution is -2.27. The molecule has 1 rings (SSSR count). The Bertz CT molecular complexity index is 464. The number of aromatic nitrogens is 2. The normalized spacial score (nSPS) is 10.1. The van der Waals surface area contributed by atoms with E-state index in [1.165, 1.54) is 4.68 Å². The van der Waals surface area contributed by atoms with E-state index in [1.54, 1.807) is 19.4 Å². The number of hydrogen-bond donors (Lipinski definition) is 0. The number of ether oxygens (including phenoxy) is 1. The van der Waals surface area contributed by atoms with E-state index >= 15 is 0 Å². The fraction of sp³-hybridized carbons (Fsp3) is 0.583. The number of methoxy groups -OCH3 is 1. The summed E-state index contributed by atoms with van der Waals surface area (Å²) in [6.07, 6.45) is 2.73. The molecule has 6 heteroatoms. The highest BCUT2D eigenvalue weighted by Gasteiger charge is 2.04. The largest absolute Gasteiger partial charge is 0.383 e. The van der Waals surface area contributed by atoms with Crippen LogP contribution >= 0.6 is 0 Å². The quantitative estimate of drug-likeness (QED) is 0.664. The van der Waals surface area contributed by atoms with Crippen LogP contribution in [-0.2, 0) is 11.3 Å². The third-order valence-electron chi connectivity index (χ3n) is 2.59. The van der Waals surface area contributed by atoms with E-state index < -0.39 is 0 Å². The maximum Gasteiger partial charge on any atom is 0.268 e. The fourth-order valence-electron chi connectivity index (χ4n) is 1.47. The number of unbranched alkanes of at least 4 members (excludes halogenated alkanes) is 1. The molecule has 0 N–H and O–H groups in total. The maximum absolute atomic E-state index is 11.8. The van der Waals surface area contributed by atoms with Gasteiger partial charge >= 0.3 is 0 Å². The SMILES string of the molecule is COCCN(C)c1cnn(CCCC#N)c(=O)c1. The van der Waals surface area contributed by atoms with E-state index in [-0.39, 0.29) is 5.56 Å². The monoisotopic (exact) mass is 250 g/mol. The second-order valence-corrected chi connectivity index (χ2v) is 3.95. The van der Waals surface area contributed by atoms with E-state index in [9.17, 15) is 4.79 Å². The molecular weight excluding hydrogens is 232 g/mol. The Morgan fingerprint density at radius 2 is 2.39 bits per heavy atom. The van der Waals surface area contributed by atoms with E-state index in [2.05, 4.69) is 5.10 Å². The van der Waals surface area contributed by atoms with Crippen molar-refractivity contribution in [2.24, 2.45) is 0 Å². The van der Waals surface area contributed by atoms with Gasteiger partial charge in [0.2, 0.25) is 0 Å². The van der Waals surface area contributed by atoms with Crippen molar-refractivity contribution in [3.63, 3.8) is 0 Å². The van der Waals surface area contributed by atoms with Gasteiger partial charge in [0.1, 0.15) is 0 Å². The van der Waals surface area contributed by atoms with Crippen molar-refractivity contribution < 1.29 is 4.74 Å². The topological polar surface area (TPSA) is 71.2 Å². The lowest BCUT2D eigenvalue weighted by atomic mass is 10.3. The Morgan fingerprint density at radius 3 is 3.00 bits per heavy atom. The Balaban J connectivity index is 2.67. The highest BCUT2D eigenvalue weighted by atomic mass is 16.5. The van der Waals surface area contributed by atoms with Crippen LogP contribution < -0.4 is 10.5 Å². The molecule has 98 valence electrons. The number of rotatable bonds is 7. The fourth-order valence-corrected chi connectivity index (χ4v) is 1.47. The predicted molar refractivity (Wildman–Crippen MR) is 68.5 cm³/mol. The molecule has 0 aliphatic heterocycles. The van der Waals surface area contributed by atoms with Gasteiger partial charge in [0.05, 0.1) is 24.6 Å². The summed E-state index contributed by atoms with van der Waals surface area (Å²) in [5, 5.41) is 12.5. The molecule has 0 saturated heterocycles. The number of hydrogen-bond acceptors (Lipinski definition) is 5. The Hall–Kier alpha value is -1.87. The van der Waals surface area contributed by atoms with Crippen molar-refractivity contribution in [2.75, 3.05) is 32.2 Å². The summed E-state index contributed by atoms with van der Waals surface area (Å²) in [6, 6.07) is 3.60. The second kappa shape index (κ2) is 7.45. The van der Waals surface area contributed by atoms with E-state index in [4.69, 9.17) is 10.00 Å². The molecule has 0 spiro atoms. The van der Waals surface area contributed by atoms with Crippen LogP contribution in [0, 0.1) is 11.3 Å². The van der Waals surface area contributed by atoms with Gasteiger partial charge in [0.15, 0.2) is 0 Å². The zero-order chi connectivity index (χ0) is 13.4. The van der Waals surface area contributed by atoms with Crippen molar-refractivity contribution in [3.8, 4) is 6.07 Å². The van der Waals surface area contributed by atoms with Gasteiger partial charge < -0.3 is 9.64 Å². The van der Waals surface area contributed by atoms with Crippen LogP contribution in [0.1, 0.15) is 12.8 Å². The minimum atomic E-state index is -0.144. The molecule has 0 amide bonds. The van der Waals surface area contributed by atoms with Gasteiger partial charge in [-0.1, -0.05) is 0 Å². The van der Waals surface area contributed by atoms with Crippen LogP contribution in [-0.4, -0.2) is 37.1 Å². The van der Waals surface area contributed by atoms with Crippen molar-refractivity contribution in [1.29, 1.82) is 5.26 Å². The van der Waals surface area contributed by atoms with Crippen molar-refractivity contribution in [2.45, 2.75) is 19.4 Å². The third kappa shape index (κ3) is 4.18. The number of likely N-dealkylation sites (N-methyl/N-ethyl adjacent to an activating group) is 1. The second-order valence-electron chi connectivity index (χ2n) is 3.95. The molecule has 1 aromatic heterocycles. The number of nitriles is 1. The summed E-state index contributed by atoms with van der Waals surface area (Å²) in [4.78, 5) is 13.7. The average molecular weight is 250 g/mol. The molecule has 1 heterocycles. The summed E-state index contributed by atoms with van der Waals surface area (Å²) < 4.78 is 6.36. The summed E-state index contributed by atoms with van der Waals surface area (Å²) in [6.45, 7) is 1.78. The zero-order valence-electron chi connectivity index (χ0n) is 10.8. The molecule has 0 bridgehead atoms. The molecule has 0 saturated carbocycles. The molecule has 0 aromatic carbocycles. The first-order valence-corrected chi connectivity index (χ1v) is 5.83. The Kier molecular flexibility index (Phi) is 5.88. The number of aryl methyl sites for hydroxylation is 1. The van der Waals surface area contributed by atoms with E-state index in [0.29, 0.717) is 32.5 Å². The molecule has 0 radical (unpaired) electrons. The van der Waals surface area contributed by atoms with Crippen molar-refractivity contribution >= 4 is 5.69 Å². The standard InChI is InChI=1S/C12H18N4O2/c1-15(7-8-18-2)11-9-12(17)16(14-10-11)6-4-3-5-13/h9-10H,3-4,6-8H2,1-2H3. The first kappa shape index (κ1) is 14.2. The molecule has 18 heavy (non-hydrogen) atoms. The molecule has 6 nitrogen and oxygen atoms in total. The van der Waals surface area contributed by atoms with Gasteiger partial charge in [-0.3, -0.25) is 4.79 Å². The van der Waals surface area contributed by atoms with Crippen LogP contribution in [0.2, 0.25) is 0 Å². The summed E-state index contributed by atoms with van der Waals surface area (Å²) in [5.41, 5.74) is 0.628. The van der Waals surface area contributed by atoms with Gasteiger partial charge in [-0.15, -0.1) is 0 Å². The number of nitrogens with zero attached hydrogens (tertiary/aromatic N) is 4. The lowest BCUT2D eigenvalue weighted by molar-refractivity contribution is 0.206.